The maximum atomic E-state index is 12.5. The van der Waals surface area contributed by atoms with Crippen LogP contribution in [0.4, 0.5) is 0 Å². The van der Waals surface area contributed by atoms with Crippen molar-refractivity contribution in [2.24, 2.45) is 4.99 Å². The second-order valence-corrected chi connectivity index (χ2v) is 11.2. The summed E-state index contributed by atoms with van der Waals surface area (Å²) >= 11 is 10.7. The third kappa shape index (κ3) is 6.49. The molecular weight excluding hydrogens is 524 g/mol. The number of benzene rings is 2. The normalized spacial score (nSPS) is 12.5. The molecule has 0 unspecified atom stereocenters. The number of halogens is 2. The summed E-state index contributed by atoms with van der Waals surface area (Å²) in [4.78, 5) is 17.5. The average Bonchev–Trinajstić information content (AvgIpc) is 3.04. The Balaban J connectivity index is 1.74. The predicted octanol–water partition coefficient (Wildman–Crippen LogP) is 4.84. The van der Waals surface area contributed by atoms with Crippen LogP contribution in [-0.4, -0.2) is 37.9 Å². The van der Waals surface area contributed by atoms with Crippen LogP contribution in [0, 0.1) is 0 Å². The van der Waals surface area contributed by atoms with E-state index in [0.29, 0.717) is 29.6 Å². The zero-order valence-electron chi connectivity index (χ0n) is 16.9. The average molecular weight is 546 g/mol. The lowest BCUT2D eigenvalue weighted by Gasteiger charge is -2.05. The summed E-state index contributed by atoms with van der Waals surface area (Å²) in [5.41, 5.74) is 0.977. The summed E-state index contributed by atoms with van der Waals surface area (Å²) in [5, 5.41) is 0.473. The van der Waals surface area contributed by atoms with E-state index in [0.717, 1.165) is 14.7 Å². The second-order valence-electron chi connectivity index (χ2n) is 6.73. The van der Waals surface area contributed by atoms with Crippen molar-refractivity contribution < 1.29 is 17.9 Å². The Hall–Kier alpha value is -1.52. The number of nitrogens with zero attached hydrogens (tertiary/aromatic N) is 2. The molecule has 0 fully saturated rings. The Morgan fingerprint density at radius 2 is 1.97 bits per heavy atom. The van der Waals surface area contributed by atoms with E-state index in [-0.39, 0.29) is 29.4 Å². The van der Waals surface area contributed by atoms with E-state index in [1.807, 2.05) is 29.7 Å². The molecule has 0 spiro atoms. The molecule has 2 aromatic carbocycles. The van der Waals surface area contributed by atoms with Crippen LogP contribution >= 0.6 is 38.9 Å². The molecule has 6 nitrogen and oxygen atoms in total. The van der Waals surface area contributed by atoms with Gasteiger partial charge in [-0.25, -0.2) is 8.42 Å². The molecule has 0 aliphatic rings. The quantitative estimate of drug-likeness (QED) is 0.361. The van der Waals surface area contributed by atoms with Gasteiger partial charge in [0.2, 0.25) is 5.91 Å². The summed E-state index contributed by atoms with van der Waals surface area (Å²) in [5.74, 6) is -0.471. The Kier molecular flexibility index (Phi) is 8.46. The fourth-order valence-corrected chi connectivity index (χ4v) is 6.05. The topological polar surface area (TPSA) is 77.7 Å². The Bertz CT molecular complexity index is 1230. The molecule has 0 bridgehead atoms. The molecule has 0 aliphatic heterocycles. The lowest BCUT2D eigenvalue weighted by Crippen LogP contribution is -2.20. The van der Waals surface area contributed by atoms with Crippen molar-refractivity contribution in [1.29, 1.82) is 0 Å². The number of rotatable bonds is 9. The van der Waals surface area contributed by atoms with E-state index < -0.39 is 9.84 Å². The van der Waals surface area contributed by atoms with Gasteiger partial charge in [-0.15, -0.1) is 0 Å². The van der Waals surface area contributed by atoms with Gasteiger partial charge >= 0.3 is 0 Å². The summed E-state index contributed by atoms with van der Waals surface area (Å²) in [7, 11) is -3.47. The van der Waals surface area contributed by atoms with Crippen LogP contribution in [0.15, 0.2) is 56.8 Å². The van der Waals surface area contributed by atoms with Crippen LogP contribution in [-0.2, 0) is 25.9 Å². The zero-order valence-corrected chi connectivity index (χ0v) is 20.9. The molecule has 1 aromatic heterocycles. The largest absolute Gasteiger partial charge is 0.380 e. The number of sulfone groups is 1. The van der Waals surface area contributed by atoms with Crippen LogP contribution in [0.2, 0.25) is 5.02 Å². The fourth-order valence-electron chi connectivity index (χ4n) is 2.98. The van der Waals surface area contributed by atoms with E-state index in [1.54, 1.807) is 0 Å². The van der Waals surface area contributed by atoms with E-state index in [9.17, 15) is 13.2 Å². The Morgan fingerprint density at radius 1 is 1.23 bits per heavy atom. The minimum atomic E-state index is -3.47. The van der Waals surface area contributed by atoms with Crippen molar-refractivity contribution in [3.63, 3.8) is 0 Å². The van der Waals surface area contributed by atoms with E-state index in [2.05, 4.69) is 20.9 Å². The first-order valence-electron chi connectivity index (χ1n) is 9.72. The van der Waals surface area contributed by atoms with Gasteiger partial charge in [0.05, 0.1) is 27.5 Å². The van der Waals surface area contributed by atoms with E-state index in [1.165, 1.54) is 35.6 Å². The van der Waals surface area contributed by atoms with Crippen molar-refractivity contribution in [3.8, 4) is 0 Å². The van der Waals surface area contributed by atoms with Gasteiger partial charge in [-0.2, -0.15) is 4.99 Å². The first kappa shape index (κ1) is 24.1. The number of hydrogen-bond donors (Lipinski definition) is 0. The maximum Gasteiger partial charge on any atom is 0.248 e. The van der Waals surface area contributed by atoms with Gasteiger partial charge in [-0.3, -0.25) is 4.79 Å². The second kappa shape index (κ2) is 10.9. The minimum absolute atomic E-state index is 0.0518. The number of hydrogen-bond acceptors (Lipinski definition) is 5. The molecule has 1 heterocycles. The van der Waals surface area contributed by atoms with Crippen molar-refractivity contribution in [3.05, 3.63) is 56.8 Å². The molecular formula is C21H22BrClN2O4S2. The van der Waals surface area contributed by atoms with Crippen LogP contribution in [0.3, 0.4) is 0 Å². The third-order valence-corrected chi connectivity index (χ3v) is 8.11. The molecule has 0 atom stereocenters. The number of carbonyl (C=O) groups excluding carboxylic acids is 1. The van der Waals surface area contributed by atoms with E-state index >= 15 is 0 Å². The number of fused-ring (bicyclic) bond motifs is 1. The highest BCUT2D eigenvalue weighted by molar-refractivity contribution is 9.10. The van der Waals surface area contributed by atoms with Gasteiger partial charge < -0.3 is 9.30 Å². The van der Waals surface area contributed by atoms with Gasteiger partial charge in [0, 0.05) is 29.1 Å². The Morgan fingerprint density at radius 3 is 2.68 bits per heavy atom. The van der Waals surface area contributed by atoms with Crippen molar-refractivity contribution in [2.75, 3.05) is 19.0 Å². The molecule has 0 aliphatic carbocycles. The molecule has 0 saturated carbocycles. The SMILES string of the molecule is CCOCCn1c(=NC(=O)CCCS(=O)(=O)c2ccc(Cl)cc2)sc2cc(Br)ccc21. The van der Waals surface area contributed by atoms with Crippen molar-refractivity contribution in [2.45, 2.75) is 31.2 Å². The van der Waals surface area contributed by atoms with Crippen LogP contribution < -0.4 is 4.80 Å². The third-order valence-electron chi connectivity index (χ3n) is 4.50. The smallest absolute Gasteiger partial charge is 0.248 e. The Labute approximate surface area is 198 Å². The number of aromatic nitrogens is 1. The molecule has 0 saturated heterocycles. The lowest BCUT2D eigenvalue weighted by molar-refractivity contribution is -0.118. The molecule has 1 amide bonds. The molecule has 166 valence electrons. The highest BCUT2D eigenvalue weighted by Gasteiger charge is 2.15. The molecule has 31 heavy (non-hydrogen) atoms. The van der Waals surface area contributed by atoms with Gasteiger partial charge in [-0.1, -0.05) is 38.9 Å². The summed E-state index contributed by atoms with van der Waals surface area (Å²) in [6.07, 6.45) is 0.249. The van der Waals surface area contributed by atoms with Gasteiger partial charge in [0.15, 0.2) is 14.6 Å². The first-order chi connectivity index (χ1) is 14.8. The molecule has 3 rings (SSSR count). The van der Waals surface area contributed by atoms with Crippen LogP contribution in [0.5, 0.6) is 0 Å². The number of ether oxygens (including phenoxy) is 1. The van der Waals surface area contributed by atoms with E-state index in [4.69, 9.17) is 16.3 Å². The summed E-state index contributed by atoms with van der Waals surface area (Å²) < 4.78 is 34.2. The maximum absolute atomic E-state index is 12.5. The van der Waals surface area contributed by atoms with Gasteiger partial charge in [0.25, 0.3) is 0 Å². The number of amides is 1. The van der Waals surface area contributed by atoms with Crippen LogP contribution in [0.1, 0.15) is 19.8 Å². The monoisotopic (exact) mass is 544 g/mol. The van der Waals surface area contributed by atoms with Gasteiger partial charge in [-0.05, 0) is 55.8 Å². The number of carbonyl (C=O) groups is 1. The highest BCUT2D eigenvalue weighted by atomic mass is 79.9. The van der Waals surface area contributed by atoms with Crippen molar-refractivity contribution >= 4 is 64.8 Å². The summed E-state index contributed by atoms with van der Waals surface area (Å²) in [6, 6.07) is 11.9. The highest BCUT2D eigenvalue weighted by Crippen LogP contribution is 2.22. The first-order valence-corrected chi connectivity index (χ1v) is 13.4. The molecule has 3 aromatic rings. The molecule has 0 N–H and O–H groups in total. The molecule has 10 heteroatoms. The minimum Gasteiger partial charge on any atom is -0.380 e. The fraction of sp³-hybridized carbons (Fsp3) is 0.333. The van der Waals surface area contributed by atoms with Crippen LogP contribution in [0.25, 0.3) is 10.2 Å². The van der Waals surface area contributed by atoms with Crippen molar-refractivity contribution in [1.82, 2.24) is 4.57 Å². The number of thiazole rings is 1. The lowest BCUT2D eigenvalue weighted by atomic mass is 10.3. The predicted molar refractivity (Wildman–Crippen MR) is 127 cm³/mol. The molecule has 0 radical (unpaired) electrons. The summed E-state index contributed by atoms with van der Waals surface area (Å²) in [6.45, 7) is 3.63. The standard InChI is InChI=1S/C21H22BrClN2O4S2/c1-2-29-12-11-25-18-10-5-15(22)14-19(18)30-21(25)24-20(26)4-3-13-31(27,28)17-8-6-16(23)7-9-17/h5-10,14H,2-4,11-13H2,1H3. The van der Waals surface area contributed by atoms with Gasteiger partial charge in [0.1, 0.15) is 0 Å². The zero-order chi connectivity index (χ0) is 22.4.